The molecule has 3 rings (SSSR count). The number of benzene rings is 1. The topological polar surface area (TPSA) is 46.2 Å². The summed E-state index contributed by atoms with van der Waals surface area (Å²) in [5.74, 6) is -0.975. The Labute approximate surface area is 132 Å². The van der Waals surface area contributed by atoms with Crippen LogP contribution < -0.4 is 5.32 Å². The first-order valence-corrected chi connectivity index (χ1v) is 7.35. The van der Waals surface area contributed by atoms with Crippen LogP contribution in [0.1, 0.15) is 12.5 Å². The summed E-state index contributed by atoms with van der Waals surface area (Å²) in [6.45, 7) is 1.87. The van der Waals surface area contributed by atoms with E-state index in [1.165, 1.54) is 6.08 Å². The van der Waals surface area contributed by atoms with Gasteiger partial charge in [-0.15, -0.1) is 0 Å². The number of Topliss-reactive ketones (excluding diaryl/α,β-unsaturated/α-hetero) is 1. The molecule has 1 saturated heterocycles. The molecule has 1 aliphatic carbocycles. The lowest BCUT2D eigenvalue weighted by Crippen LogP contribution is -2.47. The van der Waals surface area contributed by atoms with E-state index in [1.54, 1.807) is 12.1 Å². The molecule has 0 saturated carbocycles. The third kappa shape index (κ3) is 2.41. The van der Waals surface area contributed by atoms with Crippen molar-refractivity contribution in [1.82, 2.24) is 5.32 Å². The van der Waals surface area contributed by atoms with Crippen molar-refractivity contribution in [2.75, 3.05) is 0 Å². The molecule has 1 aromatic carbocycles. The molecule has 2 unspecified atom stereocenters. The lowest BCUT2D eigenvalue weighted by atomic mass is 9.76. The molecular formula is C16H13Cl2NO2. The molecule has 108 valence electrons. The third-order valence-corrected chi connectivity index (χ3v) is 4.52. The number of rotatable bonds is 2. The van der Waals surface area contributed by atoms with Crippen LogP contribution in [-0.4, -0.2) is 17.2 Å². The van der Waals surface area contributed by atoms with Gasteiger partial charge in [-0.25, -0.2) is 0 Å². The highest BCUT2D eigenvalue weighted by molar-refractivity contribution is 6.44. The van der Waals surface area contributed by atoms with Gasteiger partial charge in [-0.2, -0.15) is 0 Å². The average Bonchev–Trinajstić information content (AvgIpc) is 2.65. The third-order valence-electron chi connectivity index (χ3n) is 3.98. The predicted molar refractivity (Wildman–Crippen MR) is 82.2 cm³/mol. The van der Waals surface area contributed by atoms with Crippen molar-refractivity contribution < 1.29 is 9.59 Å². The van der Waals surface area contributed by atoms with Crippen LogP contribution >= 0.6 is 23.2 Å². The maximum absolute atomic E-state index is 12.4. The second kappa shape index (κ2) is 5.00. The SMILES string of the molecule is CC1(Cc2cccc(Cl)c2)NC(=O)C2=CC=C(Cl)C(=O)C21. The largest absolute Gasteiger partial charge is 0.346 e. The van der Waals surface area contributed by atoms with Crippen LogP contribution in [0.4, 0.5) is 0 Å². The molecule has 0 aromatic heterocycles. The molecule has 0 spiro atoms. The molecule has 2 atom stereocenters. The summed E-state index contributed by atoms with van der Waals surface area (Å²) < 4.78 is 0. The van der Waals surface area contributed by atoms with Gasteiger partial charge in [-0.05, 0) is 37.1 Å². The first-order valence-electron chi connectivity index (χ1n) is 6.59. The van der Waals surface area contributed by atoms with Gasteiger partial charge in [-0.1, -0.05) is 41.4 Å². The van der Waals surface area contributed by atoms with Gasteiger partial charge < -0.3 is 5.32 Å². The molecule has 1 heterocycles. The van der Waals surface area contributed by atoms with Crippen LogP contribution in [0, 0.1) is 5.92 Å². The second-order valence-corrected chi connectivity index (χ2v) is 6.46. The van der Waals surface area contributed by atoms with Gasteiger partial charge in [0, 0.05) is 10.6 Å². The van der Waals surface area contributed by atoms with E-state index in [2.05, 4.69) is 5.32 Å². The highest BCUT2D eigenvalue weighted by Gasteiger charge is 2.51. The second-order valence-electron chi connectivity index (χ2n) is 5.61. The van der Waals surface area contributed by atoms with Gasteiger partial charge >= 0.3 is 0 Å². The van der Waals surface area contributed by atoms with Crippen LogP contribution in [0.2, 0.25) is 5.02 Å². The summed E-state index contributed by atoms with van der Waals surface area (Å²) in [6.07, 6.45) is 3.63. The van der Waals surface area contributed by atoms with Crippen molar-refractivity contribution in [2.24, 2.45) is 5.92 Å². The standard InChI is InChI=1S/C16H13Cl2NO2/c1-16(8-9-3-2-4-10(17)7-9)13-11(15(21)19-16)5-6-12(18)14(13)20/h2-7,13H,8H2,1H3,(H,19,21). The molecule has 0 bridgehead atoms. The smallest absolute Gasteiger partial charge is 0.248 e. The zero-order chi connectivity index (χ0) is 15.2. The summed E-state index contributed by atoms with van der Waals surface area (Å²) in [5.41, 5.74) is 0.748. The van der Waals surface area contributed by atoms with Crippen molar-refractivity contribution in [3.8, 4) is 0 Å². The summed E-state index contributed by atoms with van der Waals surface area (Å²) in [4.78, 5) is 24.5. The minimum absolute atomic E-state index is 0.164. The van der Waals surface area contributed by atoms with Gasteiger partial charge in [0.05, 0.1) is 16.5 Å². The van der Waals surface area contributed by atoms with E-state index < -0.39 is 11.5 Å². The van der Waals surface area contributed by atoms with Crippen LogP contribution in [0.3, 0.4) is 0 Å². The number of hydrogen-bond acceptors (Lipinski definition) is 2. The van der Waals surface area contributed by atoms with E-state index in [9.17, 15) is 9.59 Å². The van der Waals surface area contributed by atoms with Gasteiger partial charge in [0.2, 0.25) is 5.91 Å². The molecular weight excluding hydrogens is 309 g/mol. The van der Waals surface area contributed by atoms with Gasteiger partial charge in [0.25, 0.3) is 0 Å². The average molecular weight is 322 g/mol. The molecule has 1 N–H and O–H groups in total. The molecule has 3 nitrogen and oxygen atoms in total. The van der Waals surface area contributed by atoms with E-state index >= 15 is 0 Å². The zero-order valence-electron chi connectivity index (χ0n) is 11.3. The fourth-order valence-corrected chi connectivity index (χ4v) is 3.47. The molecule has 0 radical (unpaired) electrons. The Balaban J connectivity index is 1.98. The number of allylic oxidation sites excluding steroid dienone is 3. The van der Waals surface area contributed by atoms with Crippen LogP contribution in [0.5, 0.6) is 0 Å². The molecule has 1 aromatic rings. The Morgan fingerprint density at radius 1 is 1.24 bits per heavy atom. The Kier molecular flexibility index (Phi) is 3.42. The number of fused-ring (bicyclic) bond motifs is 1. The molecule has 1 fully saturated rings. The number of hydrogen-bond donors (Lipinski definition) is 1. The van der Waals surface area contributed by atoms with Crippen molar-refractivity contribution in [3.63, 3.8) is 0 Å². The van der Waals surface area contributed by atoms with Crippen LogP contribution in [0.25, 0.3) is 0 Å². The van der Waals surface area contributed by atoms with Crippen molar-refractivity contribution in [1.29, 1.82) is 0 Å². The number of carbonyl (C=O) groups is 2. The molecule has 5 heteroatoms. The van der Waals surface area contributed by atoms with Crippen molar-refractivity contribution in [2.45, 2.75) is 18.9 Å². The lowest BCUT2D eigenvalue weighted by molar-refractivity contribution is -0.119. The summed E-state index contributed by atoms with van der Waals surface area (Å²) in [7, 11) is 0. The van der Waals surface area contributed by atoms with E-state index in [0.29, 0.717) is 17.0 Å². The van der Waals surface area contributed by atoms with Crippen molar-refractivity contribution in [3.05, 3.63) is 57.6 Å². The van der Waals surface area contributed by atoms with Crippen LogP contribution in [0.15, 0.2) is 47.0 Å². The van der Waals surface area contributed by atoms with E-state index in [4.69, 9.17) is 23.2 Å². The minimum atomic E-state index is -0.695. The Hall–Kier alpha value is -1.58. The van der Waals surface area contributed by atoms with E-state index in [-0.39, 0.29) is 16.7 Å². The first kappa shape index (κ1) is 14.4. The fourth-order valence-electron chi connectivity index (χ4n) is 3.08. The molecule has 1 aliphatic heterocycles. The van der Waals surface area contributed by atoms with Gasteiger partial charge in [-0.3, -0.25) is 9.59 Å². The quantitative estimate of drug-likeness (QED) is 0.910. The summed E-state index contributed by atoms with van der Waals surface area (Å²) >= 11 is 11.9. The van der Waals surface area contributed by atoms with E-state index in [1.807, 2.05) is 25.1 Å². The molecule has 1 amide bonds. The minimum Gasteiger partial charge on any atom is -0.346 e. The number of carbonyl (C=O) groups excluding carboxylic acids is 2. The number of amides is 1. The first-order chi connectivity index (χ1) is 9.90. The highest BCUT2D eigenvalue weighted by atomic mass is 35.5. The lowest BCUT2D eigenvalue weighted by Gasteiger charge is -2.31. The Morgan fingerprint density at radius 3 is 2.71 bits per heavy atom. The number of ketones is 1. The fraction of sp³-hybridized carbons (Fsp3) is 0.250. The summed E-state index contributed by atoms with van der Waals surface area (Å²) in [5, 5.41) is 3.72. The van der Waals surface area contributed by atoms with E-state index in [0.717, 1.165) is 5.56 Å². The zero-order valence-corrected chi connectivity index (χ0v) is 12.8. The van der Waals surface area contributed by atoms with Crippen molar-refractivity contribution >= 4 is 34.9 Å². The maximum Gasteiger partial charge on any atom is 0.248 e. The monoisotopic (exact) mass is 321 g/mol. The number of nitrogens with one attached hydrogen (secondary N) is 1. The Morgan fingerprint density at radius 2 is 2.00 bits per heavy atom. The molecule has 2 aliphatic rings. The van der Waals surface area contributed by atoms with Gasteiger partial charge in [0.1, 0.15) is 0 Å². The maximum atomic E-state index is 12.4. The molecule has 21 heavy (non-hydrogen) atoms. The van der Waals surface area contributed by atoms with Crippen LogP contribution in [-0.2, 0) is 16.0 Å². The Bertz CT molecular complexity index is 708. The predicted octanol–water partition coefficient (Wildman–Crippen LogP) is 3.02. The summed E-state index contributed by atoms with van der Waals surface area (Å²) in [6, 6.07) is 7.41. The number of halogens is 2. The highest BCUT2D eigenvalue weighted by Crippen LogP contribution is 2.39. The van der Waals surface area contributed by atoms with Gasteiger partial charge in [0.15, 0.2) is 5.78 Å². The normalized spacial score (nSPS) is 27.9.